The Morgan fingerprint density at radius 1 is 1.24 bits per heavy atom. The van der Waals surface area contributed by atoms with Crippen LogP contribution in [0.1, 0.15) is 37.6 Å². The predicted octanol–water partition coefficient (Wildman–Crippen LogP) is 1.74. The Balaban J connectivity index is 2.15. The maximum absolute atomic E-state index is 5.89. The van der Waals surface area contributed by atoms with Gasteiger partial charge in [0.2, 0.25) is 0 Å². The van der Waals surface area contributed by atoms with E-state index >= 15 is 0 Å². The fourth-order valence-electron chi connectivity index (χ4n) is 2.00. The van der Waals surface area contributed by atoms with Gasteiger partial charge in [-0.3, -0.25) is 0 Å². The van der Waals surface area contributed by atoms with Crippen LogP contribution < -0.4 is 11.2 Å². The molecular weight excluding hydrogens is 214 g/mol. The van der Waals surface area contributed by atoms with E-state index in [0.717, 1.165) is 36.7 Å². The molecule has 0 unspecified atom stereocenters. The molecule has 1 aromatic rings. The molecule has 1 aliphatic heterocycles. The van der Waals surface area contributed by atoms with Crippen LogP contribution in [0.3, 0.4) is 0 Å². The lowest BCUT2D eigenvalue weighted by atomic mass is 10.2. The van der Waals surface area contributed by atoms with Crippen LogP contribution in [0.2, 0.25) is 0 Å². The first-order valence-corrected chi connectivity index (χ1v) is 6.35. The van der Waals surface area contributed by atoms with Crippen molar-refractivity contribution in [1.29, 1.82) is 0 Å². The van der Waals surface area contributed by atoms with Gasteiger partial charge in [-0.15, -0.1) is 0 Å². The van der Waals surface area contributed by atoms with Crippen molar-refractivity contribution >= 4 is 11.6 Å². The summed E-state index contributed by atoms with van der Waals surface area (Å²) in [6.07, 6.45) is 4.61. The minimum atomic E-state index is 0.580. The number of piperidine rings is 1. The zero-order valence-corrected chi connectivity index (χ0v) is 10.7. The first-order valence-electron chi connectivity index (χ1n) is 6.35. The molecule has 0 amide bonds. The molecular formula is C12H21N5. The maximum atomic E-state index is 5.89. The topological polar surface area (TPSA) is 67.1 Å². The van der Waals surface area contributed by atoms with Crippen molar-refractivity contribution in [2.24, 2.45) is 0 Å². The van der Waals surface area contributed by atoms with Crippen molar-refractivity contribution in [3.8, 4) is 0 Å². The second kappa shape index (κ2) is 5.31. The largest absolute Gasteiger partial charge is 0.383 e. The molecule has 0 atom stereocenters. The van der Waals surface area contributed by atoms with E-state index in [2.05, 4.69) is 20.4 Å². The zero-order chi connectivity index (χ0) is 12.3. The molecule has 2 rings (SSSR count). The zero-order valence-electron chi connectivity index (χ0n) is 10.7. The molecule has 5 nitrogen and oxygen atoms in total. The number of rotatable bonds is 3. The Kier molecular flexibility index (Phi) is 3.78. The molecule has 1 aliphatic rings. The normalized spacial score (nSPS) is 17.1. The molecule has 0 aliphatic carbocycles. The van der Waals surface area contributed by atoms with E-state index < -0.39 is 0 Å². The third kappa shape index (κ3) is 2.85. The van der Waals surface area contributed by atoms with Gasteiger partial charge in [0, 0.05) is 25.1 Å². The molecule has 0 radical (unpaired) electrons. The van der Waals surface area contributed by atoms with Crippen LogP contribution in [0, 0.1) is 6.92 Å². The number of nitrogens with two attached hydrogens (primary N) is 1. The van der Waals surface area contributed by atoms with Crippen molar-refractivity contribution in [2.75, 3.05) is 24.2 Å². The first kappa shape index (κ1) is 12.1. The molecule has 3 N–H and O–H groups in total. The van der Waals surface area contributed by atoms with Gasteiger partial charge < -0.3 is 11.2 Å². The van der Waals surface area contributed by atoms with Crippen LogP contribution >= 0.6 is 0 Å². The monoisotopic (exact) mass is 235 g/mol. The molecule has 0 saturated carbocycles. The summed E-state index contributed by atoms with van der Waals surface area (Å²) in [5.74, 6) is 2.24. The van der Waals surface area contributed by atoms with E-state index in [4.69, 9.17) is 5.73 Å². The Morgan fingerprint density at radius 3 is 2.59 bits per heavy atom. The number of hydrogen-bond acceptors (Lipinski definition) is 5. The fourth-order valence-corrected chi connectivity index (χ4v) is 2.00. The van der Waals surface area contributed by atoms with Crippen molar-refractivity contribution < 1.29 is 0 Å². The Hall–Kier alpha value is -1.36. The summed E-state index contributed by atoms with van der Waals surface area (Å²) in [6, 6.07) is 0. The lowest BCUT2D eigenvalue weighted by Crippen LogP contribution is -2.35. The number of aromatic nitrogens is 2. The highest BCUT2D eigenvalue weighted by Gasteiger charge is 2.13. The second-order valence-electron chi connectivity index (χ2n) is 4.51. The van der Waals surface area contributed by atoms with Crippen LogP contribution in [-0.2, 0) is 6.42 Å². The van der Waals surface area contributed by atoms with Gasteiger partial charge in [0.15, 0.2) is 0 Å². The quantitative estimate of drug-likeness (QED) is 0.835. The molecule has 5 heteroatoms. The number of aryl methyl sites for hydroxylation is 1. The van der Waals surface area contributed by atoms with Crippen molar-refractivity contribution in [1.82, 2.24) is 15.0 Å². The van der Waals surface area contributed by atoms with E-state index in [1.165, 1.54) is 19.3 Å². The summed E-state index contributed by atoms with van der Waals surface area (Å²) in [4.78, 5) is 8.75. The van der Waals surface area contributed by atoms with Gasteiger partial charge >= 0.3 is 0 Å². The van der Waals surface area contributed by atoms with E-state index in [1.54, 1.807) is 0 Å². The van der Waals surface area contributed by atoms with Gasteiger partial charge in [-0.1, -0.05) is 13.3 Å². The van der Waals surface area contributed by atoms with Crippen LogP contribution in [0.15, 0.2) is 0 Å². The average molecular weight is 235 g/mol. The Morgan fingerprint density at radius 2 is 1.94 bits per heavy atom. The summed E-state index contributed by atoms with van der Waals surface area (Å²) in [6.45, 7) is 6.14. The number of anilines is 2. The smallest absolute Gasteiger partial charge is 0.149 e. The highest BCUT2D eigenvalue weighted by molar-refractivity contribution is 5.54. The van der Waals surface area contributed by atoms with Crippen molar-refractivity contribution in [3.63, 3.8) is 0 Å². The van der Waals surface area contributed by atoms with Gasteiger partial charge in [-0.25, -0.2) is 15.0 Å². The number of hydrogen-bond donors (Lipinski definition) is 2. The highest BCUT2D eigenvalue weighted by Crippen LogP contribution is 2.19. The van der Waals surface area contributed by atoms with E-state index in [0.29, 0.717) is 5.82 Å². The number of nitrogen functional groups attached to an aromatic ring is 1. The lowest BCUT2D eigenvalue weighted by Gasteiger charge is -2.28. The third-order valence-electron chi connectivity index (χ3n) is 3.17. The highest BCUT2D eigenvalue weighted by atomic mass is 15.5. The molecule has 17 heavy (non-hydrogen) atoms. The molecule has 1 fully saturated rings. The van der Waals surface area contributed by atoms with E-state index in [9.17, 15) is 0 Å². The lowest BCUT2D eigenvalue weighted by molar-refractivity contribution is 0.272. The van der Waals surface area contributed by atoms with Crippen LogP contribution in [-0.4, -0.2) is 28.1 Å². The molecule has 2 heterocycles. The molecule has 0 aromatic carbocycles. The van der Waals surface area contributed by atoms with Crippen molar-refractivity contribution in [2.45, 2.75) is 39.5 Å². The maximum Gasteiger partial charge on any atom is 0.149 e. The number of nitrogens with one attached hydrogen (secondary N) is 1. The summed E-state index contributed by atoms with van der Waals surface area (Å²) in [7, 11) is 0. The van der Waals surface area contributed by atoms with Gasteiger partial charge in [0.25, 0.3) is 0 Å². The van der Waals surface area contributed by atoms with Gasteiger partial charge in [-0.2, -0.15) is 0 Å². The van der Waals surface area contributed by atoms with Crippen LogP contribution in [0.4, 0.5) is 11.6 Å². The summed E-state index contributed by atoms with van der Waals surface area (Å²) < 4.78 is 0. The minimum Gasteiger partial charge on any atom is -0.383 e. The van der Waals surface area contributed by atoms with E-state index in [-0.39, 0.29) is 0 Å². The Bertz CT molecular complexity index is 385. The summed E-state index contributed by atoms with van der Waals surface area (Å²) >= 11 is 0. The minimum absolute atomic E-state index is 0.580. The van der Waals surface area contributed by atoms with Crippen LogP contribution in [0.5, 0.6) is 0 Å². The fraction of sp³-hybridized carbons (Fsp3) is 0.667. The van der Waals surface area contributed by atoms with Gasteiger partial charge in [-0.05, 0) is 19.8 Å². The Labute approximate surface area is 102 Å². The molecule has 0 spiro atoms. The van der Waals surface area contributed by atoms with Gasteiger partial charge in [0.05, 0.1) is 0 Å². The predicted molar refractivity (Wildman–Crippen MR) is 69.6 cm³/mol. The summed E-state index contributed by atoms with van der Waals surface area (Å²) in [5.41, 5.74) is 10.2. The third-order valence-corrected chi connectivity index (χ3v) is 3.17. The van der Waals surface area contributed by atoms with Gasteiger partial charge in [0.1, 0.15) is 17.5 Å². The van der Waals surface area contributed by atoms with Crippen LogP contribution in [0.25, 0.3) is 0 Å². The standard InChI is InChI=1S/C12H21N5/c1-3-10-14-11(13)9(2)12(15-10)16-17-7-5-4-6-8-17/h3-8H2,1-2H3,(H3,13,14,15,16). The second-order valence-corrected chi connectivity index (χ2v) is 4.51. The van der Waals surface area contributed by atoms with Crippen molar-refractivity contribution in [3.05, 3.63) is 11.4 Å². The number of hydrazine groups is 1. The molecule has 1 saturated heterocycles. The summed E-state index contributed by atoms with van der Waals surface area (Å²) in [5, 5.41) is 2.22. The molecule has 1 aromatic heterocycles. The number of nitrogens with zero attached hydrogens (tertiary/aromatic N) is 3. The van der Waals surface area contributed by atoms with E-state index in [1.807, 2.05) is 13.8 Å². The SMILES string of the molecule is CCc1nc(N)c(C)c(NN2CCCCC2)n1. The molecule has 94 valence electrons. The molecule has 0 bridgehead atoms. The average Bonchev–Trinajstić information content (AvgIpc) is 2.36. The first-order chi connectivity index (χ1) is 8.20.